The zero-order chi connectivity index (χ0) is 26.9. The molecule has 13 heteroatoms. The number of nitrogens with one attached hydrogen (secondary N) is 1. The number of carbonyl (C=O) groups excluding carboxylic acids is 2. The molecular weight excluding hydrogens is 505 g/mol. The first-order valence-electron chi connectivity index (χ1n) is 10.6. The van der Waals surface area contributed by atoms with Gasteiger partial charge in [-0.1, -0.05) is 18.2 Å². The van der Waals surface area contributed by atoms with Gasteiger partial charge >= 0.3 is 12.3 Å². The summed E-state index contributed by atoms with van der Waals surface area (Å²) in [6.45, 7) is 0.519. The largest absolute Gasteiger partial charge is 0.453 e. The fourth-order valence-electron chi connectivity index (χ4n) is 3.76. The second-order valence-corrected chi connectivity index (χ2v) is 10.4. The van der Waals surface area contributed by atoms with Crippen molar-refractivity contribution in [2.45, 2.75) is 36.2 Å². The highest BCUT2D eigenvalue weighted by molar-refractivity contribution is 7.91. The van der Waals surface area contributed by atoms with Crippen molar-refractivity contribution in [3.63, 3.8) is 0 Å². The molecule has 0 saturated heterocycles. The monoisotopic (exact) mass is 530 g/mol. The maximum atomic E-state index is 13.1. The number of rotatable bonds is 7. The van der Waals surface area contributed by atoms with E-state index in [4.69, 9.17) is 9.47 Å². The van der Waals surface area contributed by atoms with Gasteiger partial charge in [-0.25, -0.2) is 13.2 Å². The standard InChI is InChI=1S/C23H25F3N2O7S/c1-22(31,23(24,25)26)15-4-6-16(7-5-15)27-20(29)19-18-9-8-17(36(32,33)11-10-34-2)12-14(18)13-28(19)21(30)35-3/h4-9,12,19,31H,10-11,13H2,1-3H3,(H,27,29). The molecule has 36 heavy (non-hydrogen) atoms. The van der Waals surface area contributed by atoms with Crippen LogP contribution in [0.25, 0.3) is 0 Å². The molecule has 0 radical (unpaired) electrons. The Kier molecular flexibility index (Phi) is 7.67. The van der Waals surface area contributed by atoms with Crippen LogP contribution in [0.15, 0.2) is 47.4 Å². The molecule has 0 aliphatic carbocycles. The number of nitrogens with zero attached hydrogens (tertiary/aromatic N) is 1. The fraction of sp³-hybridized carbons (Fsp3) is 0.391. The molecule has 0 spiro atoms. The van der Waals surface area contributed by atoms with Gasteiger partial charge in [0.2, 0.25) is 0 Å². The number of methoxy groups -OCH3 is 2. The van der Waals surface area contributed by atoms with Crippen LogP contribution in [0.3, 0.4) is 0 Å². The van der Waals surface area contributed by atoms with Crippen LogP contribution in [0.4, 0.5) is 23.7 Å². The molecule has 0 bridgehead atoms. The zero-order valence-electron chi connectivity index (χ0n) is 19.6. The van der Waals surface area contributed by atoms with E-state index in [9.17, 15) is 36.3 Å². The topological polar surface area (TPSA) is 122 Å². The predicted octanol–water partition coefficient (Wildman–Crippen LogP) is 3.14. The molecular formula is C23H25F3N2O7S. The van der Waals surface area contributed by atoms with E-state index in [1.165, 1.54) is 37.4 Å². The normalized spacial score (nSPS) is 17.3. The van der Waals surface area contributed by atoms with Gasteiger partial charge < -0.3 is 19.9 Å². The molecule has 3 rings (SSSR count). The zero-order valence-corrected chi connectivity index (χ0v) is 20.4. The third kappa shape index (κ3) is 5.32. The first-order chi connectivity index (χ1) is 16.7. The third-order valence-corrected chi connectivity index (χ3v) is 7.58. The Labute approximate surface area is 205 Å². The molecule has 9 nitrogen and oxygen atoms in total. The van der Waals surface area contributed by atoms with Gasteiger partial charge in [0.05, 0.1) is 30.9 Å². The fourth-order valence-corrected chi connectivity index (χ4v) is 4.97. The van der Waals surface area contributed by atoms with Gasteiger partial charge in [-0.15, -0.1) is 0 Å². The van der Waals surface area contributed by atoms with Gasteiger partial charge in [0, 0.05) is 12.8 Å². The average molecular weight is 531 g/mol. The number of hydrogen-bond acceptors (Lipinski definition) is 7. The number of ether oxygens (including phenoxy) is 2. The highest BCUT2D eigenvalue weighted by Crippen LogP contribution is 2.39. The summed E-state index contributed by atoms with van der Waals surface area (Å²) in [7, 11) is -1.15. The Balaban J connectivity index is 1.89. The van der Waals surface area contributed by atoms with Crippen LogP contribution in [0, 0.1) is 0 Å². The molecule has 2 unspecified atom stereocenters. The summed E-state index contributed by atoms with van der Waals surface area (Å²) in [5.41, 5.74) is -2.57. The maximum absolute atomic E-state index is 13.1. The van der Waals surface area contributed by atoms with Crippen molar-refractivity contribution in [1.82, 2.24) is 4.90 Å². The number of benzene rings is 2. The molecule has 196 valence electrons. The Morgan fingerprint density at radius 3 is 2.33 bits per heavy atom. The van der Waals surface area contributed by atoms with Gasteiger partial charge in [-0.2, -0.15) is 13.2 Å². The van der Waals surface area contributed by atoms with Crippen LogP contribution in [-0.4, -0.2) is 63.2 Å². The minimum absolute atomic E-state index is 0.00404. The number of carbonyl (C=O) groups is 2. The van der Waals surface area contributed by atoms with Crippen LogP contribution in [0.2, 0.25) is 0 Å². The van der Waals surface area contributed by atoms with Crippen LogP contribution in [0.1, 0.15) is 29.7 Å². The number of hydrogen-bond donors (Lipinski definition) is 2. The van der Waals surface area contributed by atoms with E-state index >= 15 is 0 Å². The number of amides is 2. The Bertz CT molecular complexity index is 1250. The van der Waals surface area contributed by atoms with Crippen molar-refractivity contribution >= 4 is 27.5 Å². The van der Waals surface area contributed by atoms with Crippen molar-refractivity contribution in [2.24, 2.45) is 0 Å². The van der Waals surface area contributed by atoms with Crippen molar-refractivity contribution in [1.29, 1.82) is 0 Å². The van der Waals surface area contributed by atoms with Crippen LogP contribution in [0.5, 0.6) is 0 Å². The summed E-state index contributed by atoms with van der Waals surface area (Å²) in [5.74, 6) is -0.936. The van der Waals surface area contributed by atoms with Gasteiger partial charge in [0.15, 0.2) is 15.4 Å². The van der Waals surface area contributed by atoms with Gasteiger partial charge in [0.25, 0.3) is 5.91 Å². The van der Waals surface area contributed by atoms with Crippen molar-refractivity contribution in [3.05, 3.63) is 59.2 Å². The van der Waals surface area contributed by atoms with E-state index in [1.807, 2.05) is 0 Å². The summed E-state index contributed by atoms with van der Waals surface area (Å²) in [4.78, 5) is 26.6. The van der Waals surface area contributed by atoms with Gasteiger partial charge in [-0.05, 0) is 47.9 Å². The lowest BCUT2D eigenvalue weighted by atomic mass is 9.95. The highest BCUT2D eigenvalue weighted by Gasteiger charge is 2.51. The SMILES string of the molecule is COCCS(=O)(=O)c1ccc2c(c1)CN(C(=O)OC)C2C(=O)Nc1ccc(C(C)(O)C(F)(F)F)cc1. The van der Waals surface area contributed by atoms with Crippen LogP contribution >= 0.6 is 0 Å². The maximum Gasteiger partial charge on any atom is 0.421 e. The second kappa shape index (κ2) is 10.1. The van der Waals surface area contributed by atoms with E-state index in [2.05, 4.69) is 5.32 Å². The lowest BCUT2D eigenvalue weighted by Gasteiger charge is -2.27. The lowest BCUT2D eigenvalue weighted by Crippen LogP contribution is -2.39. The molecule has 2 atom stereocenters. The van der Waals surface area contributed by atoms with Gasteiger partial charge in [0.1, 0.15) is 6.04 Å². The molecule has 2 aromatic carbocycles. The van der Waals surface area contributed by atoms with E-state index in [-0.39, 0.29) is 29.5 Å². The molecule has 1 aliphatic heterocycles. The van der Waals surface area contributed by atoms with Crippen LogP contribution in [-0.2, 0) is 36.3 Å². The quantitative estimate of drug-likeness (QED) is 0.564. The molecule has 1 aliphatic rings. The molecule has 0 saturated carbocycles. The number of aliphatic hydroxyl groups is 1. The second-order valence-electron chi connectivity index (χ2n) is 8.31. The van der Waals surface area contributed by atoms with E-state index in [1.54, 1.807) is 0 Å². The summed E-state index contributed by atoms with van der Waals surface area (Å²) >= 11 is 0. The van der Waals surface area contributed by atoms with E-state index < -0.39 is 45.2 Å². The summed E-state index contributed by atoms with van der Waals surface area (Å²) in [6.07, 6.45) is -5.73. The Morgan fingerprint density at radius 2 is 1.78 bits per heavy atom. The Hall–Kier alpha value is -3.16. The molecule has 0 fully saturated rings. The molecule has 2 N–H and O–H groups in total. The molecule has 2 aromatic rings. The van der Waals surface area contributed by atoms with Crippen molar-refractivity contribution in [3.8, 4) is 0 Å². The number of alkyl halides is 3. The number of anilines is 1. The first-order valence-corrected chi connectivity index (χ1v) is 12.3. The smallest absolute Gasteiger partial charge is 0.421 e. The minimum Gasteiger partial charge on any atom is -0.453 e. The van der Waals surface area contributed by atoms with Gasteiger partial charge in [-0.3, -0.25) is 9.69 Å². The minimum atomic E-state index is -4.90. The number of fused-ring (bicyclic) bond motifs is 1. The van der Waals surface area contributed by atoms with Crippen LogP contribution < -0.4 is 5.32 Å². The summed E-state index contributed by atoms with van der Waals surface area (Å²) < 4.78 is 73.9. The van der Waals surface area contributed by atoms with E-state index in [0.29, 0.717) is 18.1 Å². The summed E-state index contributed by atoms with van der Waals surface area (Å²) in [5, 5.41) is 12.3. The van der Waals surface area contributed by atoms with Crippen molar-refractivity contribution in [2.75, 3.05) is 31.9 Å². The number of halogens is 3. The number of sulfone groups is 1. The first kappa shape index (κ1) is 27.4. The van der Waals surface area contributed by atoms with E-state index in [0.717, 1.165) is 24.1 Å². The molecule has 1 heterocycles. The summed E-state index contributed by atoms with van der Waals surface area (Å²) in [6, 6.07) is 7.42. The Morgan fingerprint density at radius 1 is 1.14 bits per heavy atom. The lowest BCUT2D eigenvalue weighted by molar-refractivity contribution is -0.258. The predicted molar refractivity (Wildman–Crippen MR) is 122 cm³/mol. The average Bonchev–Trinajstić information content (AvgIpc) is 3.21. The highest BCUT2D eigenvalue weighted by atomic mass is 32.2. The molecule has 0 aromatic heterocycles. The molecule has 2 amide bonds. The third-order valence-electron chi connectivity index (χ3n) is 5.90. The van der Waals surface area contributed by atoms with Crippen molar-refractivity contribution < 1.29 is 45.8 Å².